The van der Waals surface area contributed by atoms with Crippen molar-refractivity contribution in [1.82, 2.24) is 9.71 Å². The summed E-state index contributed by atoms with van der Waals surface area (Å²) in [6, 6.07) is 14.0. The maximum Gasteiger partial charge on any atom is 0.363 e. The van der Waals surface area contributed by atoms with Gasteiger partial charge in [-0.05, 0) is 35.4 Å². The average Bonchev–Trinajstić information content (AvgIpc) is 2.66. The maximum absolute atomic E-state index is 11.4. The van der Waals surface area contributed by atoms with Crippen LogP contribution < -0.4 is 26.0 Å². The molecule has 0 aliphatic heterocycles. The Morgan fingerprint density at radius 1 is 0.923 bits per heavy atom. The number of rotatable bonds is 5. The molecule has 26 heavy (non-hydrogen) atoms. The molecule has 0 fully saturated rings. The van der Waals surface area contributed by atoms with E-state index in [0.29, 0.717) is 17.2 Å². The van der Waals surface area contributed by atoms with Gasteiger partial charge in [-0.2, -0.15) is 0 Å². The number of hydrogen-bond donors (Lipinski definition) is 3. The van der Waals surface area contributed by atoms with Crippen LogP contribution in [0.1, 0.15) is 0 Å². The first-order chi connectivity index (χ1) is 12.5. The minimum Gasteiger partial charge on any atom is -0.497 e. The second kappa shape index (κ2) is 7.06. The Balaban J connectivity index is 1.87. The minimum absolute atomic E-state index is 0.00442. The number of hydrogen-bond acceptors (Lipinski definition) is 6. The largest absolute Gasteiger partial charge is 0.497 e. The Bertz CT molecular complexity index is 984. The Morgan fingerprint density at radius 2 is 1.54 bits per heavy atom. The van der Waals surface area contributed by atoms with Gasteiger partial charge in [-0.1, -0.05) is 16.9 Å². The predicted octanol–water partition coefficient (Wildman–Crippen LogP) is 2.20. The molecule has 0 atom stereocenters. The summed E-state index contributed by atoms with van der Waals surface area (Å²) in [5.74, 6) is 1.55. The molecule has 134 valence electrons. The first kappa shape index (κ1) is 17.2. The van der Waals surface area contributed by atoms with E-state index in [9.17, 15) is 9.59 Å². The van der Waals surface area contributed by atoms with Crippen LogP contribution in [0.25, 0.3) is 11.1 Å². The average molecular weight is 355 g/mol. The summed E-state index contributed by atoms with van der Waals surface area (Å²) < 4.78 is 10.6. The lowest BCUT2D eigenvalue weighted by Gasteiger charge is -2.10. The van der Waals surface area contributed by atoms with Crippen LogP contribution in [0.15, 0.2) is 58.1 Å². The molecule has 0 aliphatic rings. The monoisotopic (exact) mass is 355 g/mol. The molecule has 0 bridgehead atoms. The lowest BCUT2D eigenvalue weighted by molar-refractivity contribution is 0.160. The molecule has 1 heterocycles. The highest BCUT2D eigenvalue weighted by molar-refractivity contribution is 5.70. The molecular weight excluding hydrogens is 338 g/mol. The van der Waals surface area contributed by atoms with Gasteiger partial charge in [0.15, 0.2) is 0 Å². The van der Waals surface area contributed by atoms with E-state index in [-0.39, 0.29) is 10.5 Å². The van der Waals surface area contributed by atoms with Gasteiger partial charge >= 0.3 is 5.69 Å². The van der Waals surface area contributed by atoms with Crippen molar-refractivity contribution in [2.75, 3.05) is 19.5 Å². The summed E-state index contributed by atoms with van der Waals surface area (Å²) in [7, 11) is 3.18. The van der Waals surface area contributed by atoms with E-state index in [1.54, 1.807) is 32.4 Å². The van der Waals surface area contributed by atoms with E-state index in [1.165, 1.54) is 0 Å². The lowest BCUT2D eigenvalue weighted by Crippen LogP contribution is -2.33. The molecule has 3 aromatic rings. The molecule has 0 saturated heterocycles. The molecule has 0 aliphatic carbocycles. The van der Waals surface area contributed by atoms with Crippen molar-refractivity contribution in [3.63, 3.8) is 0 Å². The van der Waals surface area contributed by atoms with Crippen LogP contribution in [-0.4, -0.2) is 29.1 Å². The van der Waals surface area contributed by atoms with Crippen LogP contribution >= 0.6 is 0 Å². The standard InChI is InChI=1S/C18H17N3O5/c1-25-14-7-12(8-15(9-14)26-2)11-3-5-13(6-4-11)19-16-10-17(22)21(24)18(23)20-16/h3-10,19,24H,1-2H3,(H,20,23). The van der Waals surface area contributed by atoms with E-state index in [1.807, 2.05) is 24.3 Å². The van der Waals surface area contributed by atoms with Crippen LogP contribution in [0, 0.1) is 0 Å². The van der Waals surface area contributed by atoms with E-state index < -0.39 is 11.2 Å². The third-order valence-corrected chi connectivity index (χ3v) is 3.76. The minimum atomic E-state index is -0.917. The highest BCUT2D eigenvalue weighted by atomic mass is 16.5. The molecule has 8 nitrogen and oxygen atoms in total. The quantitative estimate of drug-likeness (QED) is 0.606. The summed E-state index contributed by atoms with van der Waals surface area (Å²) in [5, 5.41) is 12.1. The zero-order valence-corrected chi connectivity index (χ0v) is 14.1. The van der Waals surface area contributed by atoms with Crippen molar-refractivity contribution in [3.05, 3.63) is 69.4 Å². The smallest absolute Gasteiger partial charge is 0.363 e. The molecule has 8 heteroatoms. The van der Waals surface area contributed by atoms with Crippen LogP contribution in [0.3, 0.4) is 0 Å². The van der Waals surface area contributed by atoms with Gasteiger partial charge in [0, 0.05) is 17.8 Å². The van der Waals surface area contributed by atoms with Crippen molar-refractivity contribution < 1.29 is 14.7 Å². The fraction of sp³-hybridized carbons (Fsp3) is 0.111. The van der Waals surface area contributed by atoms with Crippen LogP contribution in [-0.2, 0) is 0 Å². The van der Waals surface area contributed by atoms with Gasteiger partial charge in [-0.25, -0.2) is 4.79 Å². The molecule has 2 aromatic carbocycles. The molecule has 0 amide bonds. The number of benzene rings is 2. The number of anilines is 2. The van der Waals surface area contributed by atoms with Crippen LogP contribution in [0.5, 0.6) is 11.5 Å². The zero-order chi connectivity index (χ0) is 18.7. The van der Waals surface area contributed by atoms with Gasteiger partial charge in [0.1, 0.15) is 17.3 Å². The van der Waals surface area contributed by atoms with Crippen molar-refractivity contribution in [2.24, 2.45) is 0 Å². The highest BCUT2D eigenvalue weighted by Crippen LogP contribution is 2.30. The Labute approximate surface area is 148 Å². The fourth-order valence-electron chi connectivity index (χ4n) is 2.43. The predicted molar refractivity (Wildman–Crippen MR) is 96.8 cm³/mol. The van der Waals surface area contributed by atoms with Gasteiger partial charge in [-0.15, -0.1) is 0 Å². The van der Waals surface area contributed by atoms with Crippen LogP contribution in [0.2, 0.25) is 0 Å². The number of H-pyrrole nitrogens is 1. The molecule has 0 spiro atoms. The topological polar surface area (TPSA) is 106 Å². The van der Waals surface area contributed by atoms with E-state index in [2.05, 4.69) is 10.3 Å². The molecular formula is C18H17N3O5. The van der Waals surface area contributed by atoms with Crippen molar-refractivity contribution in [1.29, 1.82) is 0 Å². The first-order valence-corrected chi connectivity index (χ1v) is 7.66. The first-order valence-electron chi connectivity index (χ1n) is 7.66. The van der Waals surface area contributed by atoms with Gasteiger partial charge in [0.25, 0.3) is 5.56 Å². The number of nitrogens with zero attached hydrogens (tertiary/aromatic N) is 1. The summed E-state index contributed by atoms with van der Waals surface area (Å²) >= 11 is 0. The summed E-state index contributed by atoms with van der Waals surface area (Å²) in [6.45, 7) is 0. The van der Waals surface area contributed by atoms with Gasteiger partial charge in [-0.3, -0.25) is 9.78 Å². The summed E-state index contributed by atoms with van der Waals surface area (Å²) in [4.78, 5) is 25.2. The second-order valence-corrected chi connectivity index (χ2v) is 5.44. The molecule has 1 aromatic heterocycles. The van der Waals surface area contributed by atoms with Crippen molar-refractivity contribution in [3.8, 4) is 22.6 Å². The summed E-state index contributed by atoms with van der Waals surface area (Å²) in [6.07, 6.45) is 0. The van der Waals surface area contributed by atoms with E-state index in [4.69, 9.17) is 14.7 Å². The number of aromatic amines is 1. The molecule has 0 saturated carbocycles. The van der Waals surface area contributed by atoms with Gasteiger partial charge in [0.05, 0.1) is 14.2 Å². The van der Waals surface area contributed by atoms with Crippen molar-refractivity contribution in [2.45, 2.75) is 0 Å². The zero-order valence-electron chi connectivity index (χ0n) is 14.1. The van der Waals surface area contributed by atoms with E-state index in [0.717, 1.165) is 17.2 Å². The lowest BCUT2D eigenvalue weighted by atomic mass is 10.0. The van der Waals surface area contributed by atoms with Crippen LogP contribution in [0.4, 0.5) is 11.5 Å². The third-order valence-electron chi connectivity index (χ3n) is 3.76. The number of nitrogens with one attached hydrogen (secondary N) is 2. The van der Waals surface area contributed by atoms with Gasteiger partial charge < -0.3 is 20.0 Å². The van der Waals surface area contributed by atoms with Gasteiger partial charge in [0.2, 0.25) is 0 Å². The van der Waals surface area contributed by atoms with E-state index >= 15 is 0 Å². The number of ether oxygens (including phenoxy) is 2. The molecule has 3 N–H and O–H groups in total. The van der Waals surface area contributed by atoms with Crippen molar-refractivity contribution >= 4 is 11.5 Å². The molecule has 3 rings (SSSR count). The number of aromatic nitrogens is 2. The SMILES string of the molecule is COc1cc(OC)cc(-c2ccc(Nc3cc(=O)n(O)c(=O)[nH]3)cc2)c1. The third kappa shape index (κ3) is 3.54. The Hall–Kier alpha value is -3.68. The number of methoxy groups -OCH3 is 2. The normalized spacial score (nSPS) is 10.4. The fourth-order valence-corrected chi connectivity index (χ4v) is 2.43. The Morgan fingerprint density at radius 3 is 2.08 bits per heavy atom. The molecule has 0 unspecified atom stereocenters. The molecule has 0 radical (unpaired) electrons. The summed E-state index contributed by atoms with van der Waals surface area (Å²) in [5.41, 5.74) is 0.779. The Kier molecular flexibility index (Phi) is 4.66. The second-order valence-electron chi connectivity index (χ2n) is 5.44. The highest BCUT2D eigenvalue weighted by Gasteiger charge is 2.06. The maximum atomic E-state index is 11.4.